The first kappa shape index (κ1) is 48.4. The summed E-state index contributed by atoms with van der Waals surface area (Å²) >= 11 is 0. The molecule has 0 radical (unpaired) electrons. The van der Waals surface area contributed by atoms with Gasteiger partial charge in [0.05, 0.1) is 18.6 Å². The third-order valence-corrected chi connectivity index (χ3v) is 11.1. The van der Waals surface area contributed by atoms with E-state index in [2.05, 4.69) is 35.1 Å². The van der Waals surface area contributed by atoms with E-state index in [1.165, 1.54) is 0 Å². The maximum Gasteiger partial charge on any atom is 0.408 e. The van der Waals surface area contributed by atoms with Crippen LogP contribution in [0.5, 0.6) is 0 Å². The summed E-state index contributed by atoms with van der Waals surface area (Å²) < 4.78 is 10.8. The van der Waals surface area contributed by atoms with Gasteiger partial charge in [-0.3, -0.25) is 24.0 Å². The van der Waals surface area contributed by atoms with Crippen LogP contribution in [0.4, 0.5) is 9.59 Å². The zero-order valence-corrected chi connectivity index (χ0v) is 37.3. The number of alkyl carbamates (subject to hydrolysis) is 2. The van der Waals surface area contributed by atoms with Crippen molar-refractivity contribution in [3.8, 4) is 0 Å². The summed E-state index contributed by atoms with van der Waals surface area (Å²) in [4.78, 5) is 93.7. The Bertz CT molecular complexity index is 1860. The number of carbonyl (C=O) groups excluding carboxylic acids is 7. The van der Waals surface area contributed by atoms with E-state index in [4.69, 9.17) is 9.47 Å². The molecular formula is C47H67N5O9. The van der Waals surface area contributed by atoms with Crippen LogP contribution in [0.1, 0.15) is 119 Å². The first-order valence-electron chi connectivity index (χ1n) is 21.8. The third kappa shape index (κ3) is 15.3. The van der Waals surface area contributed by atoms with Crippen molar-refractivity contribution in [2.75, 3.05) is 19.7 Å². The van der Waals surface area contributed by atoms with Crippen molar-refractivity contribution in [2.45, 2.75) is 149 Å². The molecule has 4 atom stereocenters. The molecule has 5 amide bonds. The normalized spacial score (nSPS) is 18.6. The van der Waals surface area contributed by atoms with Gasteiger partial charge in [-0.05, 0) is 117 Å². The average Bonchev–Trinajstić information content (AvgIpc) is 3.87. The Kier molecular flexibility index (Phi) is 17.9. The first-order chi connectivity index (χ1) is 28.8. The maximum absolute atomic E-state index is 14.4. The number of allylic oxidation sites excluding steroid dienone is 4. The lowest BCUT2D eigenvalue weighted by molar-refractivity contribution is -0.141. The van der Waals surface area contributed by atoms with Crippen LogP contribution in [-0.2, 0) is 39.9 Å². The Balaban J connectivity index is 1.36. The zero-order chi connectivity index (χ0) is 44.9. The van der Waals surface area contributed by atoms with Gasteiger partial charge < -0.3 is 35.6 Å². The molecule has 61 heavy (non-hydrogen) atoms. The minimum atomic E-state index is -0.882. The average molecular weight is 846 g/mol. The van der Waals surface area contributed by atoms with Crippen LogP contribution in [0, 0.1) is 11.8 Å². The van der Waals surface area contributed by atoms with Gasteiger partial charge in [0.15, 0.2) is 11.6 Å². The topological polar surface area (TPSA) is 189 Å². The van der Waals surface area contributed by atoms with Crippen LogP contribution in [0.3, 0.4) is 0 Å². The third-order valence-electron chi connectivity index (χ3n) is 11.1. The van der Waals surface area contributed by atoms with Gasteiger partial charge >= 0.3 is 12.2 Å². The number of rotatable bonds is 20. The molecule has 1 saturated carbocycles. The predicted molar refractivity (Wildman–Crippen MR) is 232 cm³/mol. The summed E-state index contributed by atoms with van der Waals surface area (Å²) in [6.45, 7) is 15.1. The quantitative estimate of drug-likeness (QED) is 0.0675. The molecule has 2 fully saturated rings. The van der Waals surface area contributed by atoms with E-state index in [0.717, 1.165) is 18.4 Å². The van der Waals surface area contributed by atoms with Crippen molar-refractivity contribution >= 4 is 41.5 Å². The van der Waals surface area contributed by atoms with Crippen LogP contribution in [0.25, 0.3) is 0 Å². The molecule has 2 aliphatic carbocycles. The Morgan fingerprint density at radius 3 is 2.21 bits per heavy atom. The van der Waals surface area contributed by atoms with Crippen molar-refractivity contribution in [3.63, 3.8) is 0 Å². The molecule has 14 heteroatoms. The van der Waals surface area contributed by atoms with E-state index in [0.29, 0.717) is 73.8 Å². The Morgan fingerprint density at radius 2 is 1.56 bits per heavy atom. The van der Waals surface area contributed by atoms with Gasteiger partial charge in [-0.15, -0.1) is 0 Å². The fourth-order valence-corrected chi connectivity index (χ4v) is 7.53. The molecule has 3 aliphatic rings. The molecule has 0 aromatic heterocycles. The molecule has 4 N–H and O–H groups in total. The molecule has 0 bridgehead atoms. The Labute approximate surface area is 361 Å². The molecule has 0 spiro atoms. The highest BCUT2D eigenvalue weighted by molar-refractivity contribution is 6.24. The first-order valence-corrected chi connectivity index (χ1v) is 21.8. The molecule has 1 aliphatic heterocycles. The van der Waals surface area contributed by atoms with Gasteiger partial charge in [0.1, 0.15) is 17.7 Å². The van der Waals surface area contributed by atoms with Crippen molar-refractivity contribution < 1.29 is 43.0 Å². The Morgan fingerprint density at radius 1 is 0.869 bits per heavy atom. The second kappa shape index (κ2) is 22.5. The summed E-state index contributed by atoms with van der Waals surface area (Å²) in [5.41, 5.74) is 2.05. The van der Waals surface area contributed by atoms with Crippen LogP contribution < -0.4 is 21.3 Å². The Hall–Kier alpha value is -5.27. The van der Waals surface area contributed by atoms with Gasteiger partial charge in [0, 0.05) is 41.4 Å². The summed E-state index contributed by atoms with van der Waals surface area (Å²) in [6.07, 6.45) is 7.57. The number of benzene rings is 1. The van der Waals surface area contributed by atoms with Crippen molar-refractivity contribution in [1.82, 2.24) is 26.2 Å². The number of amides is 5. The molecule has 1 heterocycles. The number of hydrogen-bond acceptors (Lipinski definition) is 9. The SMILES string of the molecule is CC1=C(C)C(=O)C(CCCOC(=O)NCCC[C@@H](NC(=O)[C@@H]2CCCN2C(=O)[C@H](/C=C/[C@H](CC(C)C)NC(=O)OC(C)(C)C)Cc2ccccc2)C(=O)NC2CC2)=C(C)C1=O. The lowest BCUT2D eigenvalue weighted by Gasteiger charge is -2.29. The number of nitrogens with zero attached hydrogens (tertiary/aromatic N) is 1. The number of nitrogens with one attached hydrogen (secondary N) is 4. The molecular weight excluding hydrogens is 779 g/mol. The molecule has 4 rings (SSSR count). The van der Waals surface area contributed by atoms with E-state index < -0.39 is 41.7 Å². The van der Waals surface area contributed by atoms with Gasteiger partial charge in [0.25, 0.3) is 0 Å². The summed E-state index contributed by atoms with van der Waals surface area (Å²) in [6, 6.07) is 7.65. The summed E-state index contributed by atoms with van der Waals surface area (Å²) in [5, 5.41) is 11.5. The van der Waals surface area contributed by atoms with E-state index in [9.17, 15) is 33.6 Å². The minimum absolute atomic E-state index is 0.0500. The monoisotopic (exact) mass is 845 g/mol. The van der Waals surface area contributed by atoms with Gasteiger partial charge in [-0.25, -0.2) is 9.59 Å². The van der Waals surface area contributed by atoms with Gasteiger partial charge in [-0.2, -0.15) is 0 Å². The van der Waals surface area contributed by atoms with E-state index >= 15 is 0 Å². The number of hydrogen-bond donors (Lipinski definition) is 4. The molecule has 1 saturated heterocycles. The fourth-order valence-electron chi connectivity index (χ4n) is 7.53. The largest absolute Gasteiger partial charge is 0.450 e. The fraction of sp³-hybridized carbons (Fsp3) is 0.596. The lowest BCUT2D eigenvalue weighted by atomic mass is 9.84. The van der Waals surface area contributed by atoms with Crippen molar-refractivity contribution in [1.29, 1.82) is 0 Å². The molecule has 1 aromatic rings. The van der Waals surface area contributed by atoms with Crippen LogP contribution >= 0.6 is 0 Å². The summed E-state index contributed by atoms with van der Waals surface area (Å²) in [5.74, 6) is -1.62. The van der Waals surface area contributed by atoms with E-state index in [-0.39, 0.29) is 61.0 Å². The van der Waals surface area contributed by atoms with Gasteiger partial charge in [0.2, 0.25) is 17.7 Å². The number of Topliss-reactive ketones (excluding diaryl/α,β-unsaturated/α-hetero) is 2. The highest BCUT2D eigenvalue weighted by Crippen LogP contribution is 2.27. The highest BCUT2D eigenvalue weighted by Gasteiger charge is 2.38. The number of carbonyl (C=O) groups is 7. The van der Waals surface area contributed by atoms with E-state index in [1.807, 2.05) is 42.5 Å². The second-order valence-corrected chi connectivity index (χ2v) is 17.9. The van der Waals surface area contributed by atoms with Crippen molar-refractivity contribution in [3.05, 3.63) is 70.3 Å². The standard InChI is InChI=1S/C47H67N5O9/c1-29(2)27-36(50-46(59)61-47(6,7)8)21-20-34(28-33-15-10-9-11-16-33)44(57)52-25-13-19-39(52)43(56)51-38(42(55)49-35-22-23-35)18-12-24-48-45(58)60-26-14-17-37-32(5)40(53)30(3)31(4)41(37)54/h9-11,15-16,20-21,29,34-36,38-39H,12-14,17-19,22-28H2,1-8H3,(H,48,58)(H,49,55)(H,50,59)(H,51,56)/b21-20+/t34-,36-,38-,39+/m1/s1. The van der Waals surface area contributed by atoms with Crippen LogP contribution in [0.15, 0.2) is 64.8 Å². The molecule has 1 aromatic carbocycles. The smallest absolute Gasteiger partial charge is 0.408 e. The number of ether oxygens (including phenoxy) is 2. The van der Waals surface area contributed by atoms with Crippen LogP contribution in [-0.4, -0.2) is 95.8 Å². The van der Waals surface area contributed by atoms with Gasteiger partial charge in [-0.1, -0.05) is 56.3 Å². The second-order valence-electron chi connectivity index (χ2n) is 17.9. The van der Waals surface area contributed by atoms with E-state index in [1.54, 1.807) is 46.4 Å². The van der Waals surface area contributed by atoms with Crippen LogP contribution in [0.2, 0.25) is 0 Å². The predicted octanol–water partition coefficient (Wildman–Crippen LogP) is 6.19. The lowest BCUT2D eigenvalue weighted by Crippen LogP contribution is -2.54. The molecule has 0 unspecified atom stereocenters. The number of ketones is 2. The molecule has 334 valence electrons. The van der Waals surface area contributed by atoms with Crippen molar-refractivity contribution in [2.24, 2.45) is 11.8 Å². The molecule has 14 nitrogen and oxygen atoms in total. The zero-order valence-electron chi connectivity index (χ0n) is 37.3. The minimum Gasteiger partial charge on any atom is -0.450 e. The summed E-state index contributed by atoms with van der Waals surface area (Å²) in [7, 11) is 0. The maximum atomic E-state index is 14.4. The number of likely N-dealkylation sites (tertiary alicyclic amines) is 1. The highest BCUT2D eigenvalue weighted by atomic mass is 16.6.